The Morgan fingerprint density at radius 1 is 1.16 bits per heavy atom. The second kappa shape index (κ2) is 10.7. The van der Waals surface area contributed by atoms with Crippen molar-refractivity contribution in [2.45, 2.75) is 58.5 Å². The van der Waals surface area contributed by atoms with E-state index in [1.54, 1.807) is 12.1 Å². The first-order valence-electron chi connectivity index (χ1n) is 13.1. The summed E-state index contributed by atoms with van der Waals surface area (Å²) in [5, 5.41) is 13.5. The molecular weight excluding hydrogens is 489 g/mol. The van der Waals surface area contributed by atoms with Gasteiger partial charge in [-0.1, -0.05) is 31.1 Å². The zero-order valence-electron chi connectivity index (χ0n) is 22.0. The maximum atomic E-state index is 14.8. The van der Waals surface area contributed by atoms with Crippen LogP contribution in [0.25, 0.3) is 11.3 Å². The number of carbonyl (C=O) groups is 1. The number of aromatic nitrogens is 1. The summed E-state index contributed by atoms with van der Waals surface area (Å²) < 4.78 is 38.0. The average Bonchev–Trinajstić information content (AvgIpc) is 3.64. The van der Waals surface area contributed by atoms with Crippen LogP contribution in [0, 0.1) is 23.1 Å². The fraction of sp³-hybridized carbons (Fsp3) is 0.467. The summed E-state index contributed by atoms with van der Waals surface area (Å²) in [6.45, 7) is 5.00. The Kier molecular flexibility index (Phi) is 7.32. The highest BCUT2D eigenvalue weighted by molar-refractivity contribution is 5.68. The quantitative estimate of drug-likeness (QED) is 0.278. The van der Waals surface area contributed by atoms with E-state index in [1.807, 2.05) is 24.3 Å². The highest BCUT2D eigenvalue weighted by Crippen LogP contribution is 2.46. The topological polar surface area (TPSA) is 91.0 Å². The van der Waals surface area contributed by atoms with Crippen LogP contribution in [0.15, 0.2) is 47.0 Å². The van der Waals surface area contributed by atoms with Crippen molar-refractivity contribution in [3.05, 3.63) is 59.5 Å². The molecule has 2 aromatic carbocycles. The predicted molar refractivity (Wildman–Crippen MR) is 139 cm³/mol. The number of nitrogens with zero attached hydrogens (tertiary/aromatic N) is 1. The molecule has 1 aromatic heterocycles. The largest absolute Gasteiger partial charge is 0.497 e. The maximum absolute atomic E-state index is 14.8. The van der Waals surface area contributed by atoms with Crippen molar-refractivity contribution in [3.8, 4) is 28.6 Å². The van der Waals surface area contributed by atoms with Crippen molar-refractivity contribution in [2.75, 3.05) is 13.7 Å². The summed E-state index contributed by atoms with van der Waals surface area (Å²) in [5.74, 6) is 1.15. The van der Waals surface area contributed by atoms with Crippen LogP contribution in [0.2, 0.25) is 0 Å². The number of ether oxygens (including phenoxy) is 3. The van der Waals surface area contributed by atoms with E-state index < -0.39 is 11.8 Å². The van der Waals surface area contributed by atoms with Crippen LogP contribution < -0.4 is 14.2 Å². The van der Waals surface area contributed by atoms with Crippen LogP contribution >= 0.6 is 0 Å². The van der Waals surface area contributed by atoms with Crippen LogP contribution in [0.5, 0.6) is 17.2 Å². The molecule has 0 amide bonds. The van der Waals surface area contributed by atoms with E-state index >= 15 is 0 Å². The van der Waals surface area contributed by atoms with Crippen molar-refractivity contribution in [2.24, 2.45) is 17.3 Å². The minimum Gasteiger partial charge on any atom is -0.497 e. The Morgan fingerprint density at radius 3 is 2.63 bits per heavy atom. The van der Waals surface area contributed by atoms with Gasteiger partial charge in [0.1, 0.15) is 23.9 Å². The van der Waals surface area contributed by atoms with E-state index in [4.69, 9.17) is 18.7 Å². The van der Waals surface area contributed by atoms with Crippen molar-refractivity contribution in [1.82, 2.24) is 5.16 Å². The summed E-state index contributed by atoms with van der Waals surface area (Å²) >= 11 is 0. The van der Waals surface area contributed by atoms with Gasteiger partial charge in [0.05, 0.1) is 25.7 Å². The molecule has 5 rings (SSSR count). The van der Waals surface area contributed by atoms with Gasteiger partial charge < -0.3 is 23.8 Å². The van der Waals surface area contributed by atoms with Crippen LogP contribution in [0.4, 0.5) is 4.39 Å². The smallest absolute Gasteiger partial charge is 0.303 e. The maximum Gasteiger partial charge on any atom is 0.303 e. The molecule has 0 saturated heterocycles. The molecule has 0 spiro atoms. The third-order valence-corrected chi connectivity index (χ3v) is 7.53. The average molecular weight is 524 g/mol. The van der Waals surface area contributed by atoms with Crippen molar-refractivity contribution in [3.63, 3.8) is 0 Å². The first-order valence-corrected chi connectivity index (χ1v) is 13.1. The SMILES string of the molecule is COc1ccc(F)c(-c2onc(COc3cccc(C(CC(=O)O)C4CC4)c3)c2OCC2CC(C)(C)C2)c1. The molecule has 0 aliphatic heterocycles. The number of hydrogen-bond donors (Lipinski definition) is 1. The Labute approximate surface area is 221 Å². The van der Waals surface area contributed by atoms with E-state index in [0.29, 0.717) is 46.8 Å². The lowest BCUT2D eigenvalue weighted by molar-refractivity contribution is -0.137. The van der Waals surface area contributed by atoms with Crippen LogP contribution in [-0.2, 0) is 11.4 Å². The molecule has 2 aliphatic rings. The predicted octanol–water partition coefficient (Wildman–Crippen LogP) is 6.85. The van der Waals surface area contributed by atoms with E-state index in [-0.39, 0.29) is 30.3 Å². The highest BCUT2D eigenvalue weighted by Gasteiger charge is 2.37. The Morgan fingerprint density at radius 2 is 1.95 bits per heavy atom. The van der Waals surface area contributed by atoms with E-state index in [0.717, 1.165) is 31.2 Å². The summed E-state index contributed by atoms with van der Waals surface area (Å²) in [5.41, 5.74) is 1.89. The molecule has 7 nitrogen and oxygen atoms in total. The number of carboxylic acid groups (broad SMARTS) is 1. The monoisotopic (exact) mass is 523 g/mol. The number of aliphatic carboxylic acids is 1. The Balaban J connectivity index is 1.37. The third kappa shape index (κ3) is 5.95. The number of halogens is 1. The lowest BCUT2D eigenvalue weighted by Crippen LogP contribution is -2.35. The van der Waals surface area contributed by atoms with Gasteiger partial charge >= 0.3 is 5.97 Å². The number of methoxy groups -OCH3 is 1. The number of carboxylic acids is 1. The first kappa shape index (κ1) is 26.1. The van der Waals surface area contributed by atoms with Gasteiger partial charge in [-0.15, -0.1) is 0 Å². The van der Waals surface area contributed by atoms with Gasteiger partial charge in [0.15, 0.2) is 11.4 Å². The molecule has 1 unspecified atom stereocenters. The molecule has 0 bridgehead atoms. The van der Waals surface area contributed by atoms with Crippen LogP contribution in [-0.4, -0.2) is 29.9 Å². The van der Waals surface area contributed by atoms with Crippen molar-refractivity contribution in [1.29, 1.82) is 0 Å². The first-order chi connectivity index (χ1) is 18.2. The number of benzene rings is 2. The lowest BCUT2D eigenvalue weighted by atomic mass is 9.65. The van der Waals surface area contributed by atoms with Gasteiger partial charge in [0.25, 0.3) is 0 Å². The highest BCUT2D eigenvalue weighted by atomic mass is 19.1. The zero-order chi connectivity index (χ0) is 26.9. The van der Waals surface area contributed by atoms with Gasteiger partial charge in [-0.05, 0) is 84.7 Å². The molecular formula is C30H34FNO6. The third-order valence-electron chi connectivity index (χ3n) is 7.53. The van der Waals surface area contributed by atoms with Crippen molar-refractivity contribution >= 4 is 5.97 Å². The zero-order valence-corrected chi connectivity index (χ0v) is 22.0. The van der Waals surface area contributed by atoms with Crippen LogP contribution in [0.1, 0.15) is 63.1 Å². The van der Waals surface area contributed by atoms with Crippen LogP contribution in [0.3, 0.4) is 0 Å². The minimum atomic E-state index is -0.801. The molecule has 2 fully saturated rings. The summed E-state index contributed by atoms with van der Waals surface area (Å²) in [6, 6.07) is 12.0. The molecule has 8 heteroatoms. The number of rotatable bonds is 12. The van der Waals surface area contributed by atoms with Gasteiger partial charge in [-0.3, -0.25) is 4.79 Å². The summed E-state index contributed by atoms with van der Waals surface area (Å²) in [6.07, 6.45) is 4.30. The second-order valence-electron chi connectivity index (χ2n) is 11.3. The molecule has 202 valence electrons. The molecule has 3 aromatic rings. The fourth-order valence-corrected chi connectivity index (χ4v) is 5.58. The summed E-state index contributed by atoms with van der Waals surface area (Å²) in [4.78, 5) is 11.4. The van der Waals surface area contributed by atoms with E-state index in [1.165, 1.54) is 13.2 Å². The number of hydrogen-bond acceptors (Lipinski definition) is 6. The normalized spacial score (nSPS) is 17.5. The van der Waals surface area contributed by atoms with Gasteiger partial charge in [0, 0.05) is 0 Å². The molecule has 1 heterocycles. The lowest BCUT2D eigenvalue weighted by Gasteiger charge is -2.42. The standard InChI is InChI=1S/C30H34FNO6/c1-30(2)14-18(15-30)16-37-29-26(32-38-28(29)24-12-21(35-3)9-10-25(24)31)17-36-22-6-4-5-20(11-22)23(13-27(33)34)19-7-8-19/h4-6,9-12,18-19,23H,7-8,13-17H2,1-3H3,(H,33,34). The van der Waals surface area contributed by atoms with Gasteiger partial charge in [-0.2, -0.15) is 0 Å². The fourth-order valence-electron chi connectivity index (χ4n) is 5.58. The molecule has 2 saturated carbocycles. The molecule has 2 aliphatic carbocycles. The summed E-state index contributed by atoms with van der Waals surface area (Å²) in [7, 11) is 1.52. The second-order valence-corrected chi connectivity index (χ2v) is 11.3. The molecule has 1 atom stereocenters. The van der Waals surface area contributed by atoms with Gasteiger partial charge in [0.2, 0.25) is 5.76 Å². The Bertz CT molecular complexity index is 1290. The molecule has 0 radical (unpaired) electrons. The van der Waals surface area contributed by atoms with Crippen molar-refractivity contribution < 1.29 is 33.0 Å². The van der Waals surface area contributed by atoms with E-state index in [2.05, 4.69) is 19.0 Å². The molecule has 38 heavy (non-hydrogen) atoms. The molecule has 1 N–H and O–H groups in total. The van der Waals surface area contributed by atoms with E-state index in [9.17, 15) is 14.3 Å². The van der Waals surface area contributed by atoms with Gasteiger partial charge in [-0.25, -0.2) is 4.39 Å². The Hall–Kier alpha value is -3.55. The minimum absolute atomic E-state index is 0.0311.